The van der Waals surface area contributed by atoms with Crippen LogP contribution in [0.2, 0.25) is 0 Å². The van der Waals surface area contributed by atoms with Gasteiger partial charge in [0.15, 0.2) is 0 Å². The van der Waals surface area contributed by atoms with Gasteiger partial charge in [-0.1, -0.05) is 26.0 Å². The Morgan fingerprint density at radius 2 is 1.82 bits per heavy atom. The van der Waals surface area contributed by atoms with Crippen LogP contribution in [0.3, 0.4) is 0 Å². The quantitative estimate of drug-likeness (QED) is 0.638. The largest absolute Gasteiger partial charge is 0.462 e. The van der Waals surface area contributed by atoms with E-state index in [0.29, 0.717) is 5.75 Å². The Morgan fingerprint density at radius 3 is 2.41 bits per heavy atom. The van der Waals surface area contributed by atoms with Gasteiger partial charge in [0, 0.05) is 0 Å². The zero-order chi connectivity index (χ0) is 16.4. The minimum absolute atomic E-state index is 0.209. The summed E-state index contributed by atoms with van der Waals surface area (Å²) in [6.07, 6.45) is -6.37. The number of aryl methyl sites for hydroxylation is 1. The molecule has 0 unspecified atom stereocenters. The first-order valence-electron chi connectivity index (χ1n) is 7.43. The SMILES string of the molecule is Cc1ccc(C(C)C)c(O[C@@H]2O[C@H](CO)[C@@H](O)[C@H](O)[C@H]2O)c1. The van der Waals surface area contributed by atoms with E-state index in [1.54, 1.807) is 0 Å². The molecule has 5 atom stereocenters. The summed E-state index contributed by atoms with van der Waals surface area (Å²) in [7, 11) is 0. The molecule has 0 bridgehead atoms. The molecule has 1 aliphatic heterocycles. The van der Waals surface area contributed by atoms with Crippen molar-refractivity contribution >= 4 is 0 Å². The highest BCUT2D eigenvalue weighted by molar-refractivity contribution is 5.39. The Labute approximate surface area is 129 Å². The van der Waals surface area contributed by atoms with Crippen molar-refractivity contribution in [3.05, 3.63) is 29.3 Å². The van der Waals surface area contributed by atoms with Crippen molar-refractivity contribution in [2.24, 2.45) is 0 Å². The Bertz CT molecular complexity index is 501. The van der Waals surface area contributed by atoms with Crippen LogP contribution in [-0.4, -0.2) is 57.7 Å². The van der Waals surface area contributed by atoms with Crippen LogP contribution in [0.25, 0.3) is 0 Å². The van der Waals surface area contributed by atoms with Gasteiger partial charge in [-0.3, -0.25) is 0 Å². The summed E-state index contributed by atoms with van der Waals surface area (Å²) in [5.74, 6) is 0.764. The molecule has 6 heteroatoms. The molecule has 1 aromatic carbocycles. The normalized spacial score (nSPS) is 32.3. The maximum Gasteiger partial charge on any atom is 0.229 e. The van der Waals surface area contributed by atoms with Crippen LogP contribution in [0.4, 0.5) is 0 Å². The highest BCUT2D eigenvalue weighted by atomic mass is 16.7. The Balaban J connectivity index is 2.24. The minimum atomic E-state index is -1.44. The van der Waals surface area contributed by atoms with Gasteiger partial charge in [0.25, 0.3) is 0 Å². The summed E-state index contributed by atoms with van der Waals surface area (Å²) >= 11 is 0. The Morgan fingerprint density at radius 1 is 1.14 bits per heavy atom. The van der Waals surface area contributed by atoms with Gasteiger partial charge >= 0.3 is 0 Å². The average molecular weight is 312 g/mol. The zero-order valence-electron chi connectivity index (χ0n) is 13.0. The van der Waals surface area contributed by atoms with Gasteiger partial charge < -0.3 is 29.9 Å². The van der Waals surface area contributed by atoms with Gasteiger partial charge in [-0.05, 0) is 30.0 Å². The van der Waals surface area contributed by atoms with Crippen LogP contribution in [0, 0.1) is 6.92 Å². The number of hydrogen-bond acceptors (Lipinski definition) is 6. The number of aliphatic hydroxyl groups is 4. The van der Waals surface area contributed by atoms with Crippen molar-refractivity contribution < 1.29 is 29.9 Å². The van der Waals surface area contributed by atoms with E-state index >= 15 is 0 Å². The fourth-order valence-electron chi connectivity index (χ4n) is 2.51. The second-order valence-electron chi connectivity index (χ2n) is 6.01. The Kier molecular flexibility index (Phi) is 5.41. The van der Waals surface area contributed by atoms with Gasteiger partial charge in [-0.25, -0.2) is 0 Å². The topological polar surface area (TPSA) is 99.4 Å². The molecule has 4 N–H and O–H groups in total. The summed E-state index contributed by atoms with van der Waals surface area (Å²) in [5, 5.41) is 38.8. The molecule has 0 radical (unpaired) electrons. The summed E-state index contributed by atoms with van der Waals surface area (Å²) in [6.45, 7) is 5.48. The molecule has 2 rings (SSSR count). The number of aliphatic hydroxyl groups excluding tert-OH is 4. The molecule has 1 aromatic rings. The van der Waals surface area contributed by atoms with Crippen molar-refractivity contribution in [3.8, 4) is 5.75 Å². The van der Waals surface area contributed by atoms with Crippen LogP contribution >= 0.6 is 0 Å². The first kappa shape index (κ1) is 17.2. The van der Waals surface area contributed by atoms with E-state index < -0.39 is 37.3 Å². The van der Waals surface area contributed by atoms with Gasteiger partial charge in [-0.15, -0.1) is 0 Å². The highest BCUT2D eigenvalue weighted by Gasteiger charge is 2.44. The first-order chi connectivity index (χ1) is 10.3. The summed E-state index contributed by atoms with van der Waals surface area (Å²) in [4.78, 5) is 0. The van der Waals surface area contributed by atoms with Gasteiger partial charge in [0.05, 0.1) is 6.61 Å². The average Bonchev–Trinajstić information content (AvgIpc) is 2.47. The number of ether oxygens (including phenoxy) is 2. The van der Waals surface area contributed by atoms with E-state index in [2.05, 4.69) is 0 Å². The molecule has 1 saturated heterocycles. The second-order valence-corrected chi connectivity index (χ2v) is 6.01. The first-order valence-corrected chi connectivity index (χ1v) is 7.43. The molecule has 1 aliphatic rings. The van der Waals surface area contributed by atoms with Crippen molar-refractivity contribution in [3.63, 3.8) is 0 Å². The van der Waals surface area contributed by atoms with Crippen LogP contribution in [0.1, 0.15) is 30.9 Å². The maximum atomic E-state index is 10.0. The lowest BCUT2D eigenvalue weighted by molar-refractivity contribution is -0.277. The van der Waals surface area contributed by atoms with E-state index in [4.69, 9.17) is 9.47 Å². The molecule has 22 heavy (non-hydrogen) atoms. The third kappa shape index (κ3) is 3.42. The predicted molar refractivity (Wildman–Crippen MR) is 79.7 cm³/mol. The van der Waals surface area contributed by atoms with Crippen LogP contribution in [-0.2, 0) is 4.74 Å². The Hall–Kier alpha value is -1.18. The molecule has 124 valence electrons. The molecule has 0 spiro atoms. The van der Waals surface area contributed by atoms with Crippen LogP contribution < -0.4 is 4.74 Å². The molecule has 0 aliphatic carbocycles. The van der Waals surface area contributed by atoms with Crippen molar-refractivity contribution in [1.29, 1.82) is 0 Å². The van der Waals surface area contributed by atoms with Gasteiger partial charge in [-0.2, -0.15) is 0 Å². The molecule has 0 aromatic heterocycles. The molecule has 1 fully saturated rings. The lowest BCUT2D eigenvalue weighted by Gasteiger charge is -2.39. The number of benzene rings is 1. The fourth-order valence-corrected chi connectivity index (χ4v) is 2.51. The van der Waals surface area contributed by atoms with Gasteiger partial charge in [0.2, 0.25) is 6.29 Å². The fraction of sp³-hybridized carbons (Fsp3) is 0.625. The van der Waals surface area contributed by atoms with E-state index in [9.17, 15) is 20.4 Å². The maximum absolute atomic E-state index is 10.0. The van der Waals surface area contributed by atoms with Crippen LogP contribution in [0.15, 0.2) is 18.2 Å². The molecule has 0 amide bonds. The summed E-state index contributed by atoms with van der Waals surface area (Å²) in [6, 6.07) is 5.74. The lowest BCUT2D eigenvalue weighted by atomic mass is 9.98. The number of rotatable bonds is 4. The third-order valence-electron chi connectivity index (χ3n) is 3.88. The monoisotopic (exact) mass is 312 g/mol. The smallest absolute Gasteiger partial charge is 0.229 e. The lowest BCUT2D eigenvalue weighted by Crippen LogP contribution is -2.60. The molecule has 1 heterocycles. The van der Waals surface area contributed by atoms with Crippen molar-refractivity contribution in [1.82, 2.24) is 0 Å². The summed E-state index contributed by atoms with van der Waals surface area (Å²) < 4.78 is 11.1. The number of hydrogen-bond donors (Lipinski definition) is 4. The van der Waals surface area contributed by atoms with E-state index in [1.807, 2.05) is 39.0 Å². The molecule has 0 saturated carbocycles. The van der Waals surface area contributed by atoms with E-state index in [-0.39, 0.29) is 5.92 Å². The van der Waals surface area contributed by atoms with E-state index in [0.717, 1.165) is 11.1 Å². The third-order valence-corrected chi connectivity index (χ3v) is 3.88. The zero-order valence-corrected chi connectivity index (χ0v) is 13.0. The van der Waals surface area contributed by atoms with Crippen molar-refractivity contribution in [2.45, 2.75) is 57.4 Å². The van der Waals surface area contributed by atoms with Gasteiger partial charge in [0.1, 0.15) is 30.2 Å². The standard InChI is InChI=1S/C16H24O6/c1-8(2)10-5-4-9(3)6-11(10)21-16-15(20)14(19)13(18)12(7-17)22-16/h4-6,8,12-20H,7H2,1-3H3/t12-,13-,14+,15-,16-/m1/s1. The molecular weight excluding hydrogens is 288 g/mol. The summed E-state index contributed by atoms with van der Waals surface area (Å²) in [5.41, 5.74) is 1.94. The highest BCUT2D eigenvalue weighted by Crippen LogP contribution is 2.31. The predicted octanol–water partition coefficient (Wildman–Crippen LogP) is 0.297. The van der Waals surface area contributed by atoms with Crippen molar-refractivity contribution in [2.75, 3.05) is 6.61 Å². The second kappa shape index (κ2) is 6.93. The minimum Gasteiger partial charge on any atom is -0.462 e. The molecular formula is C16H24O6. The van der Waals surface area contributed by atoms with Crippen LogP contribution in [0.5, 0.6) is 5.75 Å². The molecule has 6 nitrogen and oxygen atoms in total. The van der Waals surface area contributed by atoms with E-state index in [1.165, 1.54) is 0 Å².